The van der Waals surface area contributed by atoms with Gasteiger partial charge in [0.1, 0.15) is 5.82 Å². The first-order valence-electron chi connectivity index (χ1n) is 7.98. The average Bonchev–Trinajstić information content (AvgIpc) is 2.91. The monoisotopic (exact) mass is 349 g/mol. The van der Waals surface area contributed by atoms with Crippen molar-refractivity contribution in [1.82, 2.24) is 24.6 Å². The third-order valence-corrected chi connectivity index (χ3v) is 4.67. The molecule has 8 heteroatoms. The topological polar surface area (TPSA) is 81.8 Å². The highest BCUT2D eigenvalue weighted by Gasteiger charge is 2.08. The Labute approximate surface area is 145 Å². The summed E-state index contributed by atoms with van der Waals surface area (Å²) in [7, 11) is 0. The Bertz CT molecular complexity index is 753. The highest BCUT2D eigenvalue weighted by atomic mass is 32.2. The van der Waals surface area contributed by atoms with Crippen molar-refractivity contribution < 1.29 is 4.79 Å². The van der Waals surface area contributed by atoms with E-state index in [0.717, 1.165) is 29.0 Å². The fraction of sp³-hybridized carbons (Fsp3) is 0.500. The summed E-state index contributed by atoms with van der Waals surface area (Å²) in [4.78, 5) is 23.7. The van der Waals surface area contributed by atoms with Crippen LogP contribution in [0.1, 0.15) is 24.9 Å². The van der Waals surface area contributed by atoms with E-state index in [9.17, 15) is 9.59 Å². The number of carbonyl (C=O) groups is 1. The van der Waals surface area contributed by atoms with Crippen LogP contribution in [0.25, 0.3) is 0 Å². The molecule has 1 N–H and O–H groups in total. The number of amides is 1. The summed E-state index contributed by atoms with van der Waals surface area (Å²) in [6, 6.07) is 5.09. The molecular formula is C16H23N5O2S. The molecular weight excluding hydrogens is 326 g/mol. The number of nitrogens with one attached hydrogen (secondary N) is 1. The fourth-order valence-electron chi connectivity index (χ4n) is 2.38. The molecule has 0 bridgehead atoms. The average molecular weight is 349 g/mol. The van der Waals surface area contributed by atoms with Crippen LogP contribution in [0.3, 0.4) is 0 Å². The Balaban J connectivity index is 1.73. The quantitative estimate of drug-likeness (QED) is 0.575. The van der Waals surface area contributed by atoms with Gasteiger partial charge in [0.05, 0.1) is 0 Å². The fourth-order valence-corrected chi connectivity index (χ4v) is 3.28. The van der Waals surface area contributed by atoms with Crippen molar-refractivity contribution in [3.8, 4) is 0 Å². The molecule has 2 rings (SSSR count). The van der Waals surface area contributed by atoms with Gasteiger partial charge in [0.25, 0.3) is 5.56 Å². The van der Waals surface area contributed by atoms with E-state index < -0.39 is 0 Å². The lowest BCUT2D eigenvalue weighted by Gasteiger charge is -2.09. The van der Waals surface area contributed by atoms with Gasteiger partial charge in [-0.3, -0.25) is 9.59 Å². The normalized spacial score (nSPS) is 10.8. The van der Waals surface area contributed by atoms with E-state index in [4.69, 9.17) is 0 Å². The van der Waals surface area contributed by atoms with Crippen LogP contribution in [0.5, 0.6) is 0 Å². The first-order valence-corrected chi connectivity index (χ1v) is 8.97. The Morgan fingerprint density at radius 2 is 2.04 bits per heavy atom. The molecule has 0 saturated heterocycles. The highest BCUT2D eigenvalue weighted by Crippen LogP contribution is 2.15. The summed E-state index contributed by atoms with van der Waals surface area (Å²) in [5, 5.41) is 11.9. The van der Waals surface area contributed by atoms with Gasteiger partial charge in [0.2, 0.25) is 5.91 Å². The van der Waals surface area contributed by atoms with E-state index in [-0.39, 0.29) is 11.5 Å². The molecule has 1 amide bonds. The molecule has 0 spiro atoms. The number of hydrogen-bond acceptors (Lipinski definition) is 5. The highest BCUT2D eigenvalue weighted by molar-refractivity contribution is 7.99. The SMILES string of the molecule is CCn1c(C)nnc1SCCNC(=O)CCn1c(C)cccc1=O. The van der Waals surface area contributed by atoms with Crippen molar-refractivity contribution in [2.45, 2.75) is 45.4 Å². The molecule has 0 unspecified atom stereocenters. The van der Waals surface area contributed by atoms with E-state index in [1.165, 1.54) is 6.07 Å². The Morgan fingerprint density at radius 1 is 1.25 bits per heavy atom. The Hall–Kier alpha value is -2.09. The predicted octanol–water partition coefficient (Wildman–Crippen LogP) is 1.38. The van der Waals surface area contributed by atoms with Gasteiger partial charge in [-0.05, 0) is 26.8 Å². The van der Waals surface area contributed by atoms with Crippen LogP contribution in [-0.2, 0) is 17.9 Å². The molecule has 0 aromatic carbocycles. The van der Waals surface area contributed by atoms with Crippen molar-refractivity contribution in [2.24, 2.45) is 0 Å². The molecule has 0 atom stereocenters. The number of aryl methyl sites for hydroxylation is 2. The van der Waals surface area contributed by atoms with Crippen molar-refractivity contribution in [1.29, 1.82) is 0 Å². The van der Waals surface area contributed by atoms with Gasteiger partial charge in [0.15, 0.2) is 5.16 Å². The van der Waals surface area contributed by atoms with Crippen molar-refractivity contribution in [3.05, 3.63) is 40.1 Å². The van der Waals surface area contributed by atoms with Gasteiger partial charge in [-0.2, -0.15) is 0 Å². The van der Waals surface area contributed by atoms with E-state index >= 15 is 0 Å². The van der Waals surface area contributed by atoms with Crippen LogP contribution < -0.4 is 10.9 Å². The second kappa shape index (κ2) is 8.68. The summed E-state index contributed by atoms with van der Waals surface area (Å²) in [6.07, 6.45) is 0.291. The standard InChI is InChI=1S/C16H23N5O2S/c1-4-20-13(3)18-19-16(20)24-11-9-17-14(22)8-10-21-12(2)6-5-7-15(21)23/h5-7H,4,8-11H2,1-3H3,(H,17,22). The summed E-state index contributed by atoms with van der Waals surface area (Å²) < 4.78 is 3.65. The van der Waals surface area contributed by atoms with E-state index in [0.29, 0.717) is 19.5 Å². The molecule has 7 nitrogen and oxygen atoms in total. The predicted molar refractivity (Wildman–Crippen MR) is 94.2 cm³/mol. The lowest BCUT2D eigenvalue weighted by molar-refractivity contribution is -0.121. The van der Waals surface area contributed by atoms with Crippen molar-refractivity contribution >= 4 is 17.7 Å². The molecule has 0 saturated carbocycles. The van der Waals surface area contributed by atoms with Crippen molar-refractivity contribution in [3.63, 3.8) is 0 Å². The zero-order chi connectivity index (χ0) is 17.5. The largest absolute Gasteiger partial charge is 0.355 e. The van der Waals surface area contributed by atoms with Gasteiger partial charge in [0, 0.05) is 43.6 Å². The summed E-state index contributed by atoms with van der Waals surface area (Å²) in [5.74, 6) is 1.57. The second-order valence-corrected chi connectivity index (χ2v) is 6.44. The van der Waals surface area contributed by atoms with Crippen LogP contribution in [0.4, 0.5) is 0 Å². The maximum atomic E-state index is 11.9. The second-order valence-electron chi connectivity index (χ2n) is 5.38. The molecule has 2 heterocycles. The minimum atomic E-state index is -0.0763. The Morgan fingerprint density at radius 3 is 2.75 bits per heavy atom. The summed E-state index contributed by atoms with van der Waals surface area (Å²) in [5.41, 5.74) is 0.785. The number of rotatable bonds is 8. The molecule has 0 aliphatic rings. The maximum absolute atomic E-state index is 11.9. The molecule has 0 fully saturated rings. The van der Waals surface area contributed by atoms with Gasteiger partial charge in [-0.15, -0.1) is 10.2 Å². The smallest absolute Gasteiger partial charge is 0.250 e. The number of aromatic nitrogens is 4. The van der Waals surface area contributed by atoms with Crippen molar-refractivity contribution in [2.75, 3.05) is 12.3 Å². The molecule has 0 radical (unpaired) electrons. The van der Waals surface area contributed by atoms with Crippen LogP contribution in [0.2, 0.25) is 0 Å². The third kappa shape index (κ3) is 4.70. The van der Waals surface area contributed by atoms with Crippen LogP contribution in [0.15, 0.2) is 28.2 Å². The zero-order valence-electron chi connectivity index (χ0n) is 14.3. The number of pyridine rings is 1. The molecule has 2 aromatic rings. The molecule has 0 aliphatic carbocycles. The van der Waals surface area contributed by atoms with Crippen LogP contribution >= 0.6 is 11.8 Å². The number of hydrogen-bond donors (Lipinski definition) is 1. The molecule has 130 valence electrons. The first kappa shape index (κ1) is 18.3. The number of thioether (sulfide) groups is 1. The molecule has 24 heavy (non-hydrogen) atoms. The van der Waals surface area contributed by atoms with E-state index in [2.05, 4.69) is 22.4 Å². The first-order chi connectivity index (χ1) is 11.5. The third-order valence-electron chi connectivity index (χ3n) is 3.70. The van der Waals surface area contributed by atoms with Gasteiger partial charge in [-0.25, -0.2) is 0 Å². The van der Waals surface area contributed by atoms with Gasteiger partial charge >= 0.3 is 0 Å². The van der Waals surface area contributed by atoms with E-state index in [1.807, 2.05) is 24.5 Å². The zero-order valence-corrected chi connectivity index (χ0v) is 15.1. The van der Waals surface area contributed by atoms with Crippen LogP contribution in [0, 0.1) is 13.8 Å². The maximum Gasteiger partial charge on any atom is 0.250 e. The lowest BCUT2D eigenvalue weighted by atomic mass is 10.3. The minimum Gasteiger partial charge on any atom is -0.355 e. The van der Waals surface area contributed by atoms with Gasteiger partial charge in [-0.1, -0.05) is 17.8 Å². The Kier molecular flexibility index (Phi) is 6.60. The minimum absolute atomic E-state index is 0.0566. The molecule has 2 aromatic heterocycles. The summed E-state index contributed by atoms with van der Waals surface area (Å²) >= 11 is 1.57. The lowest BCUT2D eigenvalue weighted by Crippen LogP contribution is -2.29. The number of nitrogens with zero attached hydrogens (tertiary/aromatic N) is 4. The molecule has 0 aliphatic heterocycles. The van der Waals surface area contributed by atoms with Gasteiger partial charge < -0.3 is 14.5 Å². The number of carbonyl (C=O) groups excluding carboxylic acids is 1. The summed E-state index contributed by atoms with van der Waals surface area (Å²) in [6.45, 7) is 7.63. The van der Waals surface area contributed by atoms with Crippen LogP contribution in [-0.4, -0.2) is 37.5 Å². The van der Waals surface area contributed by atoms with E-state index in [1.54, 1.807) is 22.4 Å².